The largest absolute Gasteiger partial charge is 0.461 e. The molecule has 8 atom stereocenters. The van der Waals surface area contributed by atoms with E-state index in [2.05, 4.69) is 10.6 Å². The smallest absolute Gasteiger partial charge is 0.328 e. The number of benzene rings is 2. The minimum atomic E-state index is -1.50. The molecular formula is C56H88N8O10. The average Bonchev–Trinajstić information content (AvgIpc) is 3.34. The summed E-state index contributed by atoms with van der Waals surface area (Å²) in [7, 11) is 12.8. The lowest BCUT2D eigenvalue weighted by atomic mass is 9.98. The quantitative estimate of drug-likeness (QED) is 0.205. The van der Waals surface area contributed by atoms with E-state index in [1.165, 1.54) is 47.8 Å². The molecule has 1 heterocycles. The Bertz CT molecular complexity index is 2020. The van der Waals surface area contributed by atoms with E-state index in [9.17, 15) is 19.2 Å². The molecule has 0 bridgehead atoms. The molecule has 1 aliphatic heterocycles. The summed E-state index contributed by atoms with van der Waals surface area (Å²) in [5, 5.41) is 5.70. The summed E-state index contributed by atoms with van der Waals surface area (Å²) < 4.78 is 12.0. The standard InChI is InChI=1S/C56H88N8O10/c1-35(2)27-43(59(9)10)49(65)57-41-33-73-55(71)47(29-37(5)6)63(15)54(70)46(32-40-25-21-18-22-26-40)62(14)52(68)42(58-50(66)44(60(11)12)28-36(3)4)34-74-56(72)48(30-38(7)8)64(16)53(69)45(61(13)51(41)67)31-39-23-19-17-20-24-39/h17-26,35-38,41-48H,27-34H2,1-16H3,(H,57,65)(H,58,66)/t41-,42?,43-,44-,45-,46?,47-,48?/m0/s1. The lowest BCUT2D eigenvalue weighted by molar-refractivity contribution is -0.162. The topological polar surface area (TPSA) is 199 Å². The zero-order chi connectivity index (χ0) is 55.7. The van der Waals surface area contributed by atoms with Gasteiger partial charge in [-0.2, -0.15) is 0 Å². The van der Waals surface area contributed by atoms with E-state index in [0.29, 0.717) is 24.0 Å². The van der Waals surface area contributed by atoms with Crippen LogP contribution in [0.25, 0.3) is 0 Å². The number of carbonyl (C=O) groups is 8. The van der Waals surface area contributed by atoms with E-state index >= 15 is 19.2 Å². The van der Waals surface area contributed by atoms with Gasteiger partial charge in [0, 0.05) is 41.0 Å². The number of likely N-dealkylation sites (N-methyl/N-ethyl adjacent to an activating group) is 6. The maximum Gasteiger partial charge on any atom is 0.328 e. The molecule has 2 aromatic carbocycles. The summed E-state index contributed by atoms with van der Waals surface area (Å²) in [6.07, 6.45) is 1.11. The number of ether oxygens (including phenoxy) is 2. The Morgan fingerprint density at radius 2 is 0.784 bits per heavy atom. The van der Waals surface area contributed by atoms with Gasteiger partial charge in [-0.1, -0.05) is 116 Å². The van der Waals surface area contributed by atoms with Crippen LogP contribution in [0.4, 0.5) is 0 Å². The van der Waals surface area contributed by atoms with Crippen LogP contribution in [0, 0.1) is 23.7 Å². The molecule has 1 fully saturated rings. The van der Waals surface area contributed by atoms with E-state index in [1.54, 1.807) is 86.5 Å². The highest BCUT2D eigenvalue weighted by Gasteiger charge is 2.43. The monoisotopic (exact) mass is 1030 g/mol. The molecule has 2 N–H and O–H groups in total. The van der Waals surface area contributed by atoms with E-state index in [1.807, 2.05) is 67.5 Å². The first kappa shape index (κ1) is 62.4. The summed E-state index contributed by atoms with van der Waals surface area (Å²) >= 11 is 0. The van der Waals surface area contributed by atoms with Gasteiger partial charge in [-0.15, -0.1) is 0 Å². The van der Waals surface area contributed by atoms with E-state index in [-0.39, 0.29) is 49.4 Å². The zero-order valence-corrected chi connectivity index (χ0v) is 47.1. The molecule has 0 aromatic heterocycles. The van der Waals surface area contributed by atoms with Crippen LogP contribution in [-0.4, -0.2) is 195 Å². The molecule has 3 unspecified atom stereocenters. The first-order valence-electron chi connectivity index (χ1n) is 26.1. The number of hydrogen-bond donors (Lipinski definition) is 2. The van der Waals surface area contributed by atoms with Crippen molar-refractivity contribution in [1.29, 1.82) is 0 Å². The molecule has 1 aliphatic rings. The SMILES string of the molecule is CC(C)CC1C(=O)OCC(NC(=O)[C@H](CC(C)C)N(C)C)C(=O)N(C)C(Cc2ccccc2)C(=O)N(C)[C@@H](CC(C)C)C(=O)OC[C@H](NC(=O)[C@H](CC(C)C)N(C)C)C(=O)N(C)[C@@H](Cc2ccccc2)C(=O)N1C. The number of nitrogens with zero attached hydrogens (tertiary/aromatic N) is 6. The number of amides is 6. The molecule has 2 aromatic rings. The van der Waals surface area contributed by atoms with Crippen LogP contribution in [-0.2, 0) is 60.7 Å². The lowest BCUT2D eigenvalue weighted by Crippen LogP contribution is -2.61. The summed E-state index contributed by atoms with van der Waals surface area (Å²) in [5.74, 6) is -5.59. The minimum Gasteiger partial charge on any atom is -0.461 e. The van der Waals surface area contributed by atoms with Crippen molar-refractivity contribution in [2.24, 2.45) is 23.7 Å². The number of nitrogens with one attached hydrogen (secondary N) is 2. The van der Waals surface area contributed by atoms with Crippen LogP contribution in [0.15, 0.2) is 60.7 Å². The summed E-state index contributed by atoms with van der Waals surface area (Å²) in [4.78, 5) is 127. The van der Waals surface area contributed by atoms with Gasteiger partial charge < -0.3 is 39.7 Å². The van der Waals surface area contributed by atoms with E-state index in [4.69, 9.17) is 9.47 Å². The van der Waals surface area contributed by atoms with Gasteiger partial charge in [-0.05, 0) is 88.7 Å². The normalized spacial score (nSPS) is 22.5. The van der Waals surface area contributed by atoms with Crippen molar-refractivity contribution in [3.8, 4) is 0 Å². The zero-order valence-electron chi connectivity index (χ0n) is 47.1. The second kappa shape index (κ2) is 29.3. The highest BCUT2D eigenvalue weighted by molar-refractivity contribution is 5.96. The Kier molecular flexibility index (Phi) is 24.7. The van der Waals surface area contributed by atoms with Crippen LogP contribution in [0.5, 0.6) is 0 Å². The molecule has 0 spiro atoms. The molecule has 412 valence electrons. The fourth-order valence-electron chi connectivity index (χ4n) is 9.15. The predicted octanol–water partition coefficient (Wildman–Crippen LogP) is 3.89. The Labute approximate surface area is 441 Å². The molecule has 18 nitrogen and oxygen atoms in total. The minimum absolute atomic E-state index is 0.00426. The van der Waals surface area contributed by atoms with Gasteiger partial charge in [0.05, 0.1) is 12.1 Å². The molecule has 74 heavy (non-hydrogen) atoms. The van der Waals surface area contributed by atoms with Gasteiger partial charge in [0.1, 0.15) is 49.5 Å². The van der Waals surface area contributed by atoms with Crippen LogP contribution < -0.4 is 10.6 Å². The van der Waals surface area contributed by atoms with Gasteiger partial charge in [-0.25, -0.2) is 9.59 Å². The van der Waals surface area contributed by atoms with Crippen molar-refractivity contribution >= 4 is 47.4 Å². The third kappa shape index (κ3) is 18.2. The van der Waals surface area contributed by atoms with Crippen LogP contribution in [0.1, 0.15) is 92.2 Å². The molecule has 0 saturated carbocycles. The maximum atomic E-state index is 15.1. The molecule has 0 radical (unpaired) electrons. The van der Waals surface area contributed by atoms with Crippen molar-refractivity contribution < 1.29 is 47.8 Å². The van der Waals surface area contributed by atoms with Crippen molar-refractivity contribution in [1.82, 2.24) is 40.0 Å². The molecule has 6 amide bonds. The van der Waals surface area contributed by atoms with Gasteiger partial charge in [0.2, 0.25) is 35.4 Å². The molecule has 1 saturated heterocycles. The lowest BCUT2D eigenvalue weighted by Gasteiger charge is -2.38. The fraction of sp³-hybridized carbons (Fsp3) is 0.643. The second-order valence-corrected chi connectivity index (χ2v) is 22.1. The Balaban J connectivity index is 2.36. The Morgan fingerprint density at radius 1 is 0.486 bits per heavy atom. The summed E-state index contributed by atoms with van der Waals surface area (Å²) in [6, 6.07) is 8.69. The first-order chi connectivity index (χ1) is 34.7. The van der Waals surface area contributed by atoms with Crippen molar-refractivity contribution in [2.45, 2.75) is 142 Å². The fourth-order valence-corrected chi connectivity index (χ4v) is 9.15. The van der Waals surface area contributed by atoms with Gasteiger partial charge >= 0.3 is 11.9 Å². The average molecular weight is 1030 g/mol. The molecule has 18 heteroatoms. The van der Waals surface area contributed by atoms with Gasteiger partial charge in [-0.3, -0.25) is 38.6 Å². The van der Waals surface area contributed by atoms with Gasteiger partial charge in [0.15, 0.2) is 0 Å². The number of cyclic esters (lactones) is 2. The van der Waals surface area contributed by atoms with E-state index < -0.39 is 109 Å². The number of esters is 2. The van der Waals surface area contributed by atoms with Crippen LogP contribution in [0.3, 0.4) is 0 Å². The predicted molar refractivity (Wildman–Crippen MR) is 285 cm³/mol. The third-order valence-electron chi connectivity index (χ3n) is 13.6. The Hall–Kier alpha value is -5.88. The van der Waals surface area contributed by atoms with Crippen LogP contribution in [0.2, 0.25) is 0 Å². The third-order valence-corrected chi connectivity index (χ3v) is 13.6. The summed E-state index contributed by atoms with van der Waals surface area (Å²) in [6.45, 7) is 14.1. The van der Waals surface area contributed by atoms with Crippen molar-refractivity contribution in [3.05, 3.63) is 71.8 Å². The molecule has 0 aliphatic carbocycles. The maximum absolute atomic E-state index is 15.1. The highest BCUT2D eigenvalue weighted by atomic mass is 16.5. The Morgan fingerprint density at radius 3 is 1.05 bits per heavy atom. The summed E-state index contributed by atoms with van der Waals surface area (Å²) in [5.41, 5.74) is 1.38. The van der Waals surface area contributed by atoms with Crippen molar-refractivity contribution in [2.75, 3.05) is 69.6 Å². The van der Waals surface area contributed by atoms with Crippen molar-refractivity contribution in [3.63, 3.8) is 0 Å². The van der Waals surface area contributed by atoms with E-state index in [0.717, 1.165) is 0 Å². The molecular weight excluding hydrogens is 945 g/mol. The second-order valence-electron chi connectivity index (χ2n) is 22.1. The van der Waals surface area contributed by atoms with Gasteiger partial charge in [0.25, 0.3) is 0 Å². The molecule has 3 rings (SSSR count). The number of rotatable bonds is 18. The number of hydrogen-bond acceptors (Lipinski definition) is 12. The van der Waals surface area contributed by atoms with Crippen LogP contribution >= 0.6 is 0 Å². The highest BCUT2D eigenvalue weighted by Crippen LogP contribution is 2.22. The first-order valence-corrected chi connectivity index (χ1v) is 26.1. The number of carbonyl (C=O) groups excluding carboxylic acids is 8.